The molecule has 0 saturated heterocycles. The summed E-state index contributed by atoms with van der Waals surface area (Å²) in [6, 6.07) is 22.8. The second-order valence-electron chi connectivity index (χ2n) is 4.79. The van der Waals surface area contributed by atoms with Gasteiger partial charge in [-0.2, -0.15) is 0 Å². The number of rotatable bonds is 2. The quantitative estimate of drug-likeness (QED) is 0.701. The molecule has 0 atom stereocenters. The Morgan fingerprint density at radius 2 is 1.33 bits per heavy atom. The van der Waals surface area contributed by atoms with Crippen molar-refractivity contribution in [1.82, 2.24) is 0 Å². The molecule has 18 heavy (non-hydrogen) atoms. The monoisotopic (exact) mass is 248 g/mol. The first-order valence-corrected chi connectivity index (χ1v) is 8.64. The molecule has 1 heterocycles. The summed E-state index contributed by atoms with van der Waals surface area (Å²) >= 11 is 0. The number of benzene rings is 2. The summed E-state index contributed by atoms with van der Waals surface area (Å²) in [7, 11) is -0.347. The number of hydrogen-bond acceptors (Lipinski definition) is 0. The highest BCUT2D eigenvalue weighted by Crippen LogP contribution is 2.32. The van der Waals surface area contributed by atoms with E-state index in [1.54, 1.807) is 0 Å². The van der Waals surface area contributed by atoms with E-state index >= 15 is 0 Å². The van der Waals surface area contributed by atoms with Crippen LogP contribution in [0.4, 0.5) is 0 Å². The van der Waals surface area contributed by atoms with E-state index in [0.717, 1.165) is 0 Å². The standard InChI is InChI=1S/C17H16Si/c1-18-12-16(14-8-4-2-5-9-14)17(13-18)15-10-6-3-7-11-15/h2-12H,13H2,1H3. The van der Waals surface area contributed by atoms with E-state index in [0.29, 0.717) is 0 Å². The van der Waals surface area contributed by atoms with Gasteiger partial charge in [-0.1, -0.05) is 72.9 Å². The SMILES string of the molecule is C[Si]1=CC(c2ccccc2)=C(c2ccccc2)C1. The van der Waals surface area contributed by atoms with Crippen LogP contribution in [0.15, 0.2) is 60.7 Å². The van der Waals surface area contributed by atoms with Crippen LogP contribution in [0.3, 0.4) is 0 Å². The van der Waals surface area contributed by atoms with E-state index in [2.05, 4.69) is 72.9 Å². The van der Waals surface area contributed by atoms with E-state index in [-0.39, 0.29) is 8.41 Å². The van der Waals surface area contributed by atoms with Crippen molar-refractivity contribution in [3.05, 3.63) is 71.8 Å². The molecule has 88 valence electrons. The maximum Gasteiger partial charge on any atom is 0.0119 e. The molecule has 0 nitrogen and oxygen atoms in total. The largest absolute Gasteiger partial charge is 0.0737 e. The van der Waals surface area contributed by atoms with Gasteiger partial charge < -0.3 is 0 Å². The summed E-state index contributed by atoms with van der Waals surface area (Å²) in [5.74, 6) is 0. The van der Waals surface area contributed by atoms with Gasteiger partial charge in [0.15, 0.2) is 0 Å². The highest BCUT2D eigenvalue weighted by Gasteiger charge is 2.16. The third kappa shape index (κ3) is 2.14. The van der Waals surface area contributed by atoms with Crippen molar-refractivity contribution in [2.45, 2.75) is 12.6 Å². The van der Waals surface area contributed by atoms with Gasteiger partial charge in [-0.3, -0.25) is 0 Å². The average molecular weight is 248 g/mol. The Bertz CT molecular complexity index is 607. The zero-order valence-corrected chi connectivity index (χ0v) is 11.6. The summed E-state index contributed by atoms with van der Waals surface area (Å²) in [6.07, 6.45) is 0. The van der Waals surface area contributed by atoms with Gasteiger partial charge in [0.05, 0.1) is 0 Å². The van der Waals surface area contributed by atoms with Gasteiger partial charge in [0, 0.05) is 8.41 Å². The minimum atomic E-state index is -0.347. The van der Waals surface area contributed by atoms with Crippen LogP contribution in [0.25, 0.3) is 11.1 Å². The molecule has 1 heteroatoms. The summed E-state index contributed by atoms with van der Waals surface area (Å²) < 4.78 is 0. The van der Waals surface area contributed by atoms with Crippen LogP contribution in [0.5, 0.6) is 0 Å². The van der Waals surface area contributed by atoms with Crippen LogP contribution < -0.4 is 0 Å². The molecular weight excluding hydrogens is 232 g/mol. The van der Waals surface area contributed by atoms with Crippen molar-refractivity contribution in [3.8, 4) is 0 Å². The van der Waals surface area contributed by atoms with E-state index in [9.17, 15) is 0 Å². The molecule has 0 bridgehead atoms. The first-order valence-electron chi connectivity index (χ1n) is 6.36. The Morgan fingerprint density at radius 1 is 0.778 bits per heavy atom. The summed E-state index contributed by atoms with van der Waals surface area (Å²) in [5, 5.41) is 0. The lowest BCUT2D eigenvalue weighted by molar-refractivity contribution is 1.55. The molecule has 1 aliphatic rings. The van der Waals surface area contributed by atoms with E-state index in [1.807, 2.05) is 0 Å². The van der Waals surface area contributed by atoms with E-state index in [1.165, 1.54) is 28.3 Å². The third-order valence-corrected chi connectivity index (χ3v) is 5.07. The number of hydrogen-bond donors (Lipinski definition) is 0. The van der Waals surface area contributed by atoms with Gasteiger partial charge >= 0.3 is 0 Å². The Labute approximate surface area is 110 Å². The van der Waals surface area contributed by atoms with Crippen molar-refractivity contribution < 1.29 is 0 Å². The molecule has 0 saturated carbocycles. The maximum atomic E-state index is 2.50. The van der Waals surface area contributed by atoms with Crippen molar-refractivity contribution in [2.24, 2.45) is 0 Å². The minimum absolute atomic E-state index is 0.347. The lowest BCUT2D eigenvalue weighted by Gasteiger charge is -2.08. The molecular formula is C17H16Si. The van der Waals surface area contributed by atoms with Crippen molar-refractivity contribution >= 4 is 25.2 Å². The summed E-state index contributed by atoms with van der Waals surface area (Å²) in [5.41, 5.74) is 8.23. The molecule has 0 radical (unpaired) electrons. The number of allylic oxidation sites excluding steroid dienone is 2. The molecule has 2 aromatic carbocycles. The average Bonchev–Trinajstić information content (AvgIpc) is 2.83. The van der Waals surface area contributed by atoms with E-state index < -0.39 is 0 Å². The molecule has 0 spiro atoms. The second-order valence-corrected chi connectivity index (χ2v) is 7.13. The normalized spacial score (nSPS) is 14.8. The molecule has 0 fully saturated rings. The predicted octanol–water partition coefficient (Wildman–Crippen LogP) is 4.12. The molecule has 1 aliphatic heterocycles. The fourth-order valence-corrected chi connectivity index (χ4v) is 4.42. The van der Waals surface area contributed by atoms with Crippen LogP contribution in [-0.2, 0) is 0 Å². The highest BCUT2D eigenvalue weighted by molar-refractivity contribution is 6.76. The fourth-order valence-electron chi connectivity index (χ4n) is 2.53. The van der Waals surface area contributed by atoms with Gasteiger partial charge in [0.1, 0.15) is 0 Å². The van der Waals surface area contributed by atoms with Crippen LogP contribution in [0.2, 0.25) is 12.6 Å². The van der Waals surface area contributed by atoms with Crippen LogP contribution >= 0.6 is 0 Å². The smallest absolute Gasteiger partial charge is 0.0119 e. The third-order valence-electron chi connectivity index (χ3n) is 3.38. The molecule has 0 unspecified atom stereocenters. The topological polar surface area (TPSA) is 0 Å². The first kappa shape index (κ1) is 11.4. The molecule has 0 aromatic heterocycles. The van der Waals surface area contributed by atoms with Gasteiger partial charge in [-0.25, -0.2) is 0 Å². The lowest BCUT2D eigenvalue weighted by atomic mass is 9.97. The first-order chi connectivity index (χ1) is 8.84. The molecule has 0 aliphatic carbocycles. The van der Waals surface area contributed by atoms with Crippen LogP contribution in [0.1, 0.15) is 11.1 Å². The molecule has 2 aromatic rings. The Balaban J connectivity index is 2.12. The van der Waals surface area contributed by atoms with Gasteiger partial charge in [-0.05, 0) is 28.3 Å². The van der Waals surface area contributed by atoms with E-state index in [4.69, 9.17) is 0 Å². The van der Waals surface area contributed by atoms with Gasteiger partial charge in [0.2, 0.25) is 0 Å². The Morgan fingerprint density at radius 3 is 1.94 bits per heavy atom. The predicted molar refractivity (Wildman–Crippen MR) is 82.2 cm³/mol. The van der Waals surface area contributed by atoms with Crippen LogP contribution in [0, 0.1) is 0 Å². The molecule has 3 rings (SSSR count). The van der Waals surface area contributed by atoms with Gasteiger partial charge in [0.25, 0.3) is 0 Å². The lowest BCUT2D eigenvalue weighted by Crippen LogP contribution is -1.90. The summed E-state index contributed by atoms with van der Waals surface area (Å²) in [6.45, 7) is 2.39. The zero-order chi connectivity index (χ0) is 12.4. The second kappa shape index (κ2) is 4.87. The van der Waals surface area contributed by atoms with Crippen LogP contribution in [-0.4, -0.2) is 14.1 Å². The zero-order valence-electron chi connectivity index (χ0n) is 10.6. The maximum absolute atomic E-state index is 2.50. The highest BCUT2D eigenvalue weighted by atomic mass is 28.2. The Hall–Kier alpha value is -1.73. The Kier molecular flexibility index (Phi) is 3.07. The fraction of sp³-hybridized carbons (Fsp3) is 0.118. The molecule has 0 N–H and O–H groups in total. The molecule has 0 amide bonds. The van der Waals surface area contributed by atoms with Crippen molar-refractivity contribution in [3.63, 3.8) is 0 Å². The van der Waals surface area contributed by atoms with Gasteiger partial charge in [-0.15, -0.1) is 0 Å². The van der Waals surface area contributed by atoms with Crippen molar-refractivity contribution in [1.29, 1.82) is 0 Å². The summed E-state index contributed by atoms with van der Waals surface area (Å²) in [4.78, 5) is 0. The van der Waals surface area contributed by atoms with Crippen molar-refractivity contribution in [2.75, 3.05) is 0 Å². The minimum Gasteiger partial charge on any atom is -0.0737 e.